The molecule has 0 spiro atoms. The van der Waals surface area contributed by atoms with Crippen LogP contribution in [0.4, 0.5) is 0 Å². The van der Waals surface area contributed by atoms with Crippen molar-refractivity contribution >= 4 is 5.91 Å². The van der Waals surface area contributed by atoms with Gasteiger partial charge < -0.3 is 19.4 Å². The summed E-state index contributed by atoms with van der Waals surface area (Å²) in [5, 5.41) is 2.87. The molecule has 0 saturated heterocycles. The normalized spacial score (nSPS) is 10.9. The molecule has 0 radical (unpaired) electrons. The number of amides is 1. The third kappa shape index (κ3) is 5.88. The highest BCUT2D eigenvalue weighted by Crippen LogP contribution is 2.08. The second-order valence-corrected chi connectivity index (χ2v) is 5.53. The van der Waals surface area contributed by atoms with Crippen LogP contribution in [0, 0.1) is 0 Å². The number of carbonyl (C=O) groups is 1. The lowest BCUT2D eigenvalue weighted by Gasteiger charge is -2.16. The van der Waals surface area contributed by atoms with E-state index in [0.29, 0.717) is 24.7 Å². The highest BCUT2D eigenvalue weighted by molar-refractivity contribution is 5.91. The standard InChI is InChI=1S/C18H24N2O3/c1-20(13-15-7-4-3-5-8-15)12-6-11-19-18(21)17-10-9-16(23-17)14-22-2/h3-5,7-10H,6,11-14H2,1-2H3,(H,19,21). The van der Waals surface area contributed by atoms with E-state index in [9.17, 15) is 4.79 Å². The fourth-order valence-electron chi connectivity index (χ4n) is 2.33. The molecule has 0 bridgehead atoms. The van der Waals surface area contributed by atoms with Gasteiger partial charge in [-0.3, -0.25) is 4.79 Å². The van der Waals surface area contributed by atoms with Gasteiger partial charge in [-0.05, 0) is 37.7 Å². The van der Waals surface area contributed by atoms with Crippen molar-refractivity contribution in [2.24, 2.45) is 0 Å². The molecule has 1 heterocycles. The molecule has 2 aromatic rings. The Bertz CT molecular complexity index is 595. The molecule has 2 rings (SSSR count). The van der Waals surface area contributed by atoms with Gasteiger partial charge in [0.25, 0.3) is 5.91 Å². The topological polar surface area (TPSA) is 54.7 Å². The van der Waals surface area contributed by atoms with Gasteiger partial charge in [0.05, 0.1) is 0 Å². The molecule has 0 aliphatic carbocycles. The maximum atomic E-state index is 11.9. The Hall–Kier alpha value is -2.11. The molecule has 1 aromatic carbocycles. The molecule has 0 atom stereocenters. The SMILES string of the molecule is COCc1ccc(C(=O)NCCCN(C)Cc2ccccc2)o1. The van der Waals surface area contributed by atoms with E-state index in [1.807, 2.05) is 18.2 Å². The summed E-state index contributed by atoms with van der Waals surface area (Å²) in [6.07, 6.45) is 0.890. The predicted molar refractivity (Wildman–Crippen MR) is 89.1 cm³/mol. The zero-order valence-electron chi connectivity index (χ0n) is 13.7. The van der Waals surface area contributed by atoms with Crippen LogP contribution in [-0.4, -0.2) is 38.1 Å². The van der Waals surface area contributed by atoms with Crippen LogP contribution in [0.25, 0.3) is 0 Å². The molecule has 5 nitrogen and oxygen atoms in total. The van der Waals surface area contributed by atoms with Gasteiger partial charge in [0.15, 0.2) is 5.76 Å². The van der Waals surface area contributed by atoms with Crippen LogP contribution >= 0.6 is 0 Å². The molecular formula is C18H24N2O3. The number of hydrogen-bond donors (Lipinski definition) is 1. The molecule has 1 amide bonds. The van der Waals surface area contributed by atoms with Gasteiger partial charge in [-0.25, -0.2) is 0 Å². The summed E-state index contributed by atoms with van der Waals surface area (Å²) >= 11 is 0. The minimum atomic E-state index is -0.182. The van der Waals surface area contributed by atoms with Gasteiger partial charge in [-0.15, -0.1) is 0 Å². The van der Waals surface area contributed by atoms with Crippen LogP contribution in [0.2, 0.25) is 0 Å². The van der Waals surface area contributed by atoms with Crippen molar-refractivity contribution in [1.29, 1.82) is 0 Å². The third-order valence-electron chi connectivity index (χ3n) is 3.47. The Kier molecular flexibility index (Phi) is 6.84. The van der Waals surface area contributed by atoms with Gasteiger partial charge in [-0.2, -0.15) is 0 Å². The van der Waals surface area contributed by atoms with Crippen LogP contribution < -0.4 is 5.32 Å². The number of benzene rings is 1. The molecule has 0 saturated carbocycles. The summed E-state index contributed by atoms with van der Waals surface area (Å²) in [5.41, 5.74) is 1.29. The minimum Gasteiger partial charge on any atom is -0.453 e. The first kappa shape index (κ1) is 17.2. The van der Waals surface area contributed by atoms with E-state index < -0.39 is 0 Å². The van der Waals surface area contributed by atoms with Crippen LogP contribution in [0.3, 0.4) is 0 Å². The van der Waals surface area contributed by atoms with Crippen molar-refractivity contribution in [3.63, 3.8) is 0 Å². The minimum absolute atomic E-state index is 0.182. The summed E-state index contributed by atoms with van der Waals surface area (Å²) < 4.78 is 10.4. The first-order valence-corrected chi connectivity index (χ1v) is 7.77. The van der Waals surface area contributed by atoms with Crippen molar-refractivity contribution < 1.29 is 13.9 Å². The fourth-order valence-corrected chi connectivity index (χ4v) is 2.33. The van der Waals surface area contributed by atoms with E-state index in [4.69, 9.17) is 9.15 Å². The second-order valence-electron chi connectivity index (χ2n) is 5.53. The zero-order chi connectivity index (χ0) is 16.5. The monoisotopic (exact) mass is 316 g/mol. The number of nitrogens with one attached hydrogen (secondary N) is 1. The van der Waals surface area contributed by atoms with Crippen molar-refractivity contribution in [1.82, 2.24) is 10.2 Å². The molecule has 5 heteroatoms. The van der Waals surface area contributed by atoms with Crippen molar-refractivity contribution in [3.8, 4) is 0 Å². The van der Waals surface area contributed by atoms with Gasteiger partial charge in [0.1, 0.15) is 12.4 Å². The van der Waals surface area contributed by atoms with Crippen molar-refractivity contribution in [2.75, 3.05) is 27.2 Å². The van der Waals surface area contributed by atoms with Gasteiger partial charge >= 0.3 is 0 Å². The summed E-state index contributed by atoms with van der Waals surface area (Å²) in [6, 6.07) is 13.8. The molecular weight excluding hydrogens is 292 g/mol. The zero-order valence-corrected chi connectivity index (χ0v) is 13.7. The number of carbonyl (C=O) groups excluding carboxylic acids is 1. The van der Waals surface area contributed by atoms with E-state index in [1.54, 1.807) is 19.2 Å². The van der Waals surface area contributed by atoms with E-state index in [0.717, 1.165) is 19.5 Å². The number of rotatable bonds is 9. The van der Waals surface area contributed by atoms with Crippen molar-refractivity contribution in [3.05, 3.63) is 59.5 Å². The van der Waals surface area contributed by atoms with Gasteiger partial charge in [0.2, 0.25) is 0 Å². The van der Waals surface area contributed by atoms with Gasteiger partial charge in [0, 0.05) is 20.2 Å². The maximum absolute atomic E-state index is 11.9. The third-order valence-corrected chi connectivity index (χ3v) is 3.47. The number of furan rings is 1. The highest BCUT2D eigenvalue weighted by Gasteiger charge is 2.10. The van der Waals surface area contributed by atoms with Crippen LogP contribution in [0.15, 0.2) is 46.9 Å². The quantitative estimate of drug-likeness (QED) is 0.723. The molecule has 0 aliphatic heterocycles. The molecule has 124 valence electrons. The smallest absolute Gasteiger partial charge is 0.286 e. The summed E-state index contributed by atoms with van der Waals surface area (Å²) in [5.74, 6) is 0.799. The fraction of sp³-hybridized carbons (Fsp3) is 0.389. The summed E-state index contributed by atoms with van der Waals surface area (Å²) in [7, 11) is 3.67. The largest absolute Gasteiger partial charge is 0.453 e. The lowest BCUT2D eigenvalue weighted by atomic mass is 10.2. The lowest BCUT2D eigenvalue weighted by molar-refractivity contribution is 0.0915. The maximum Gasteiger partial charge on any atom is 0.286 e. The Labute approximate surface area is 137 Å². The van der Waals surface area contributed by atoms with Crippen LogP contribution in [0.5, 0.6) is 0 Å². The molecule has 1 aromatic heterocycles. The number of hydrogen-bond acceptors (Lipinski definition) is 4. The number of methoxy groups -OCH3 is 1. The lowest BCUT2D eigenvalue weighted by Crippen LogP contribution is -2.27. The molecule has 0 unspecified atom stereocenters. The first-order chi connectivity index (χ1) is 11.2. The van der Waals surface area contributed by atoms with E-state index in [-0.39, 0.29) is 5.91 Å². The Morgan fingerprint density at radius 1 is 1.22 bits per heavy atom. The Balaban J connectivity index is 1.65. The summed E-state index contributed by atoms with van der Waals surface area (Å²) in [6.45, 7) is 2.82. The van der Waals surface area contributed by atoms with Crippen molar-refractivity contribution in [2.45, 2.75) is 19.6 Å². The number of ether oxygens (including phenoxy) is 1. The van der Waals surface area contributed by atoms with E-state index in [2.05, 4.69) is 29.4 Å². The van der Waals surface area contributed by atoms with E-state index in [1.165, 1.54) is 5.56 Å². The highest BCUT2D eigenvalue weighted by atomic mass is 16.5. The number of nitrogens with zero attached hydrogens (tertiary/aromatic N) is 1. The summed E-state index contributed by atoms with van der Waals surface area (Å²) in [4.78, 5) is 14.2. The van der Waals surface area contributed by atoms with Crippen LogP contribution in [-0.2, 0) is 17.9 Å². The Morgan fingerprint density at radius 2 is 2.00 bits per heavy atom. The molecule has 0 aliphatic rings. The molecule has 1 N–H and O–H groups in total. The van der Waals surface area contributed by atoms with Crippen LogP contribution in [0.1, 0.15) is 28.3 Å². The first-order valence-electron chi connectivity index (χ1n) is 7.77. The average molecular weight is 316 g/mol. The predicted octanol–water partition coefficient (Wildman–Crippen LogP) is 2.68. The second kappa shape index (κ2) is 9.12. The molecule has 0 fully saturated rings. The van der Waals surface area contributed by atoms with E-state index >= 15 is 0 Å². The Morgan fingerprint density at radius 3 is 2.74 bits per heavy atom. The average Bonchev–Trinajstić information content (AvgIpc) is 3.01. The van der Waals surface area contributed by atoms with Gasteiger partial charge in [-0.1, -0.05) is 30.3 Å². The molecule has 23 heavy (non-hydrogen) atoms.